The van der Waals surface area contributed by atoms with Gasteiger partial charge in [0.2, 0.25) is 17.6 Å². The Morgan fingerprint density at radius 2 is 1.66 bits per heavy atom. The maximum absolute atomic E-state index is 14.5. The second-order valence-electron chi connectivity index (χ2n) is 14.9. The van der Waals surface area contributed by atoms with E-state index in [1.165, 1.54) is 12.5 Å². The van der Waals surface area contributed by atoms with Crippen LogP contribution >= 0.6 is 0 Å². The minimum atomic E-state index is -0.979. The van der Waals surface area contributed by atoms with Crippen molar-refractivity contribution in [3.05, 3.63) is 12.7 Å². The minimum Gasteiger partial charge on any atom is -0.346 e. The van der Waals surface area contributed by atoms with Crippen LogP contribution in [-0.4, -0.2) is 71.2 Å². The van der Waals surface area contributed by atoms with Crippen LogP contribution in [0.5, 0.6) is 0 Å². The Kier molecular flexibility index (Phi) is 10.5. The standard InChI is InChI=1S/C34H55N5O5/c1-7-13-24(26(40)29(42)35-20-8-2)36-28(41)25-22-14-17-33(18-19-33)23(22)21-39(25)30(43)27(32(4,5)6)37-31(44)38-34(9-3)15-11-10-12-16-34/h8,22-25,27H,2,7,9-21H2,1,3-6H3,(H,35,42)(H,36,41)(H2,37,38,44)/t22-,23-,24?,25-,27+/m0/s1. The fourth-order valence-corrected chi connectivity index (χ4v) is 8.15. The summed E-state index contributed by atoms with van der Waals surface area (Å²) < 4.78 is 0. The zero-order valence-corrected chi connectivity index (χ0v) is 27.6. The Morgan fingerprint density at radius 3 is 2.23 bits per heavy atom. The number of rotatable bonds is 12. The number of likely N-dealkylation sites (tertiary alicyclic amines) is 1. The third kappa shape index (κ3) is 7.15. The van der Waals surface area contributed by atoms with Crippen LogP contribution < -0.4 is 21.3 Å². The summed E-state index contributed by atoms with van der Waals surface area (Å²) in [5.74, 6) is -1.93. The second-order valence-corrected chi connectivity index (χ2v) is 14.9. The van der Waals surface area contributed by atoms with Gasteiger partial charge in [0.25, 0.3) is 5.91 Å². The Hall–Kier alpha value is -2.91. The molecule has 0 aromatic heterocycles. The average Bonchev–Trinajstić information content (AvgIpc) is 3.55. The highest BCUT2D eigenvalue weighted by Crippen LogP contribution is 2.66. The van der Waals surface area contributed by atoms with Crippen LogP contribution in [0, 0.1) is 22.7 Å². The Labute approximate surface area is 263 Å². The Balaban J connectivity index is 1.56. The van der Waals surface area contributed by atoms with Gasteiger partial charge in [0, 0.05) is 18.6 Å². The summed E-state index contributed by atoms with van der Waals surface area (Å²) in [6.45, 7) is 14.0. The molecule has 5 amide bonds. The van der Waals surface area contributed by atoms with Crippen LogP contribution in [0.4, 0.5) is 4.79 Å². The van der Waals surface area contributed by atoms with Gasteiger partial charge in [0.05, 0.1) is 6.04 Å². The van der Waals surface area contributed by atoms with Crippen LogP contribution in [0.15, 0.2) is 12.7 Å². The molecule has 10 heteroatoms. The van der Waals surface area contributed by atoms with Crippen molar-refractivity contribution in [2.75, 3.05) is 13.1 Å². The first-order chi connectivity index (χ1) is 20.8. The van der Waals surface area contributed by atoms with Gasteiger partial charge in [-0.05, 0) is 74.0 Å². The summed E-state index contributed by atoms with van der Waals surface area (Å²) in [6, 6.07) is -2.93. The van der Waals surface area contributed by atoms with Crippen molar-refractivity contribution in [3.63, 3.8) is 0 Å². The molecule has 10 nitrogen and oxygen atoms in total. The first-order valence-electron chi connectivity index (χ1n) is 16.9. The molecule has 1 spiro atoms. The fraction of sp³-hybridized carbons (Fsp3) is 0.794. The predicted octanol–water partition coefficient (Wildman–Crippen LogP) is 3.99. The van der Waals surface area contributed by atoms with Crippen molar-refractivity contribution in [2.24, 2.45) is 22.7 Å². The van der Waals surface area contributed by atoms with Gasteiger partial charge in [-0.1, -0.05) is 66.4 Å². The van der Waals surface area contributed by atoms with Crippen LogP contribution in [0.25, 0.3) is 0 Å². The lowest BCUT2D eigenvalue weighted by Crippen LogP contribution is -2.62. The Morgan fingerprint density at radius 1 is 0.977 bits per heavy atom. The summed E-state index contributed by atoms with van der Waals surface area (Å²) in [5.41, 5.74) is -0.698. The number of nitrogens with one attached hydrogen (secondary N) is 4. The van der Waals surface area contributed by atoms with Gasteiger partial charge in [-0.15, -0.1) is 6.58 Å². The Bertz CT molecular complexity index is 1120. The molecular weight excluding hydrogens is 558 g/mol. The molecule has 1 unspecified atom stereocenters. The highest BCUT2D eigenvalue weighted by atomic mass is 16.2. The summed E-state index contributed by atoms with van der Waals surface area (Å²) in [5, 5.41) is 11.6. The first-order valence-corrected chi connectivity index (χ1v) is 16.9. The monoisotopic (exact) mass is 613 g/mol. The summed E-state index contributed by atoms with van der Waals surface area (Å²) >= 11 is 0. The van der Waals surface area contributed by atoms with E-state index in [-0.39, 0.29) is 41.3 Å². The van der Waals surface area contributed by atoms with Crippen molar-refractivity contribution >= 4 is 29.5 Å². The normalized spacial score (nSPS) is 26.2. The van der Waals surface area contributed by atoms with Crippen LogP contribution in [-0.2, 0) is 19.2 Å². The lowest BCUT2D eigenvalue weighted by Gasteiger charge is -2.40. The van der Waals surface area contributed by atoms with Gasteiger partial charge in [-0.3, -0.25) is 19.2 Å². The number of amides is 5. The van der Waals surface area contributed by atoms with Gasteiger partial charge < -0.3 is 26.2 Å². The second kappa shape index (κ2) is 13.6. The molecule has 4 fully saturated rings. The highest BCUT2D eigenvalue weighted by molar-refractivity contribution is 6.38. The molecule has 0 aromatic rings. The molecule has 1 saturated heterocycles. The molecule has 0 bridgehead atoms. The third-order valence-electron chi connectivity index (χ3n) is 11.0. The van der Waals surface area contributed by atoms with E-state index in [0.717, 1.165) is 57.8 Å². The predicted molar refractivity (Wildman–Crippen MR) is 169 cm³/mol. The number of Topliss-reactive ketones (excluding diaryl/α,β-unsaturated/α-hetero) is 1. The van der Waals surface area contributed by atoms with E-state index in [4.69, 9.17) is 0 Å². The van der Waals surface area contributed by atoms with E-state index < -0.39 is 41.1 Å². The molecule has 3 saturated carbocycles. The van der Waals surface area contributed by atoms with E-state index in [2.05, 4.69) is 34.8 Å². The third-order valence-corrected chi connectivity index (χ3v) is 11.0. The molecule has 44 heavy (non-hydrogen) atoms. The lowest BCUT2D eigenvalue weighted by atomic mass is 9.80. The molecule has 246 valence electrons. The number of carbonyl (C=O) groups excluding carboxylic acids is 5. The number of hydrogen-bond acceptors (Lipinski definition) is 5. The largest absolute Gasteiger partial charge is 0.346 e. The number of ketones is 1. The number of nitrogens with zero attached hydrogens (tertiary/aromatic N) is 1. The SMILES string of the molecule is C=CCNC(=O)C(=O)C(CCC)NC(=O)[C@@H]1[C@H]2CCC3(CC3)[C@H]2CN1C(=O)[C@@H](NC(=O)NC1(CC)CCCCC1)C(C)(C)C. The number of urea groups is 1. The highest BCUT2D eigenvalue weighted by Gasteiger charge is 2.64. The van der Waals surface area contributed by atoms with Crippen LogP contribution in [0.1, 0.15) is 112 Å². The summed E-state index contributed by atoms with van der Waals surface area (Å²) in [7, 11) is 0. The zero-order chi connectivity index (χ0) is 32.3. The molecule has 5 atom stereocenters. The lowest BCUT2D eigenvalue weighted by molar-refractivity contribution is -0.144. The molecular formula is C34H55N5O5. The van der Waals surface area contributed by atoms with E-state index >= 15 is 0 Å². The van der Waals surface area contributed by atoms with E-state index in [0.29, 0.717) is 19.4 Å². The van der Waals surface area contributed by atoms with Crippen molar-refractivity contribution in [1.82, 2.24) is 26.2 Å². The van der Waals surface area contributed by atoms with Crippen LogP contribution in [0.3, 0.4) is 0 Å². The fourth-order valence-electron chi connectivity index (χ4n) is 8.15. The molecule has 3 aliphatic carbocycles. The molecule has 1 aliphatic heterocycles. The average molecular weight is 614 g/mol. The molecule has 4 aliphatic rings. The quantitative estimate of drug-likeness (QED) is 0.195. The van der Waals surface area contributed by atoms with Gasteiger partial charge in [-0.25, -0.2) is 4.79 Å². The minimum absolute atomic E-state index is 0.0199. The van der Waals surface area contributed by atoms with E-state index in [9.17, 15) is 24.0 Å². The zero-order valence-electron chi connectivity index (χ0n) is 27.6. The maximum atomic E-state index is 14.5. The smallest absolute Gasteiger partial charge is 0.315 e. The first kappa shape index (κ1) is 34.0. The molecule has 0 radical (unpaired) electrons. The molecule has 4 N–H and O–H groups in total. The van der Waals surface area contributed by atoms with Gasteiger partial charge in [0.1, 0.15) is 12.1 Å². The van der Waals surface area contributed by atoms with Crippen molar-refractivity contribution < 1.29 is 24.0 Å². The van der Waals surface area contributed by atoms with Gasteiger partial charge >= 0.3 is 6.03 Å². The molecule has 1 heterocycles. The summed E-state index contributed by atoms with van der Waals surface area (Å²) in [6.07, 6.45) is 12.5. The molecule has 0 aromatic carbocycles. The van der Waals surface area contributed by atoms with Gasteiger partial charge in [0.15, 0.2) is 0 Å². The van der Waals surface area contributed by atoms with Crippen LogP contribution in [0.2, 0.25) is 0 Å². The summed E-state index contributed by atoms with van der Waals surface area (Å²) in [4.78, 5) is 69.2. The number of fused-ring (bicyclic) bond motifs is 2. The maximum Gasteiger partial charge on any atom is 0.315 e. The van der Waals surface area contributed by atoms with Crippen molar-refractivity contribution in [3.8, 4) is 0 Å². The number of carbonyl (C=O) groups is 5. The topological polar surface area (TPSA) is 137 Å². The van der Waals surface area contributed by atoms with E-state index in [1.807, 2.05) is 27.7 Å². The molecule has 4 rings (SSSR count). The van der Waals surface area contributed by atoms with E-state index in [1.54, 1.807) is 4.90 Å². The van der Waals surface area contributed by atoms with Gasteiger partial charge in [-0.2, -0.15) is 0 Å². The van der Waals surface area contributed by atoms with Crippen molar-refractivity contribution in [2.45, 2.75) is 135 Å². The number of hydrogen-bond donors (Lipinski definition) is 4. The van der Waals surface area contributed by atoms with Crippen molar-refractivity contribution in [1.29, 1.82) is 0 Å².